The third-order valence-corrected chi connectivity index (χ3v) is 3.40. The van der Waals surface area contributed by atoms with E-state index in [4.69, 9.17) is 10.2 Å². The highest BCUT2D eigenvalue weighted by molar-refractivity contribution is 5.99. The van der Waals surface area contributed by atoms with E-state index in [0.29, 0.717) is 5.56 Å². The molecule has 100 valence electrons. The van der Waals surface area contributed by atoms with Crippen LogP contribution in [0.25, 0.3) is 5.57 Å². The molecule has 1 aliphatic carbocycles. The first-order chi connectivity index (χ1) is 9.09. The van der Waals surface area contributed by atoms with Crippen molar-refractivity contribution in [3.05, 3.63) is 41.5 Å². The Morgan fingerprint density at radius 3 is 2.11 bits per heavy atom. The smallest absolute Gasteiger partial charge is 0.322 e. The number of benzene rings is 1. The van der Waals surface area contributed by atoms with Crippen molar-refractivity contribution in [3.63, 3.8) is 0 Å². The number of carbonyl (C=O) groups is 2. The van der Waals surface area contributed by atoms with E-state index in [-0.39, 0.29) is 0 Å². The van der Waals surface area contributed by atoms with Gasteiger partial charge in [0.25, 0.3) is 0 Å². The molecule has 1 aliphatic rings. The second-order valence-corrected chi connectivity index (χ2v) is 4.71. The Kier molecular flexibility index (Phi) is 4.00. The van der Waals surface area contributed by atoms with Crippen LogP contribution in [0.4, 0.5) is 0 Å². The second kappa shape index (κ2) is 5.69. The fourth-order valence-corrected chi connectivity index (χ4v) is 2.38. The van der Waals surface area contributed by atoms with Crippen LogP contribution in [-0.2, 0) is 9.59 Å². The van der Waals surface area contributed by atoms with E-state index in [1.165, 1.54) is 18.4 Å². The van der Waals surface area contributed by atoms with Crippen LogP contribution in [0.5, 0.6) is 0 Å². The third kappa shape index (κ3) is 3.02. The van der Waals surface area contributed by atoms with Crippen LogP contribution >= 0.6 is 0 Å². The molecule has 4 nitrogen and oxygen atoms in total. The molecule has 0 radical (unpaired) electrons. The van der Waals surface area contributed by atoms with Gasteiger partial charge in [-0.3, -0.25) is 9.59 Å². The number of aliphatic carboxylic acids is 2. The van der Waals surface area contributed by atoms with Gasteiger partial charge < -0.3 is 10.2 Å². The van der Waals surface area contributed by atoms with E-state index in [9.17, 15) is 9.59 Å². The molecule has 0 fully saturated rings. The van der Waals surface area contributed by atoms with Crippen LogP contribution in [0.3, 0.4) is 0 Å². The van der Waals surface area contributed by atoms with Gasteiger partial charge in [-0.15, -0.1) is 0 Å². The SMILES string of the molecule is O=C(O)C(C(=O)O)c1ccc(C2=CCCCC2)cc1. The van der Waals surface area contributed by atoms with Gasteiger partial charge in [-0.2, -0.15) is 0 Å². The molecule has 4 heteroatoms. The summed E-state index contributed by atoms with van der Waals surface area (Å²) in [7, 11) is 0. The molecule has 2 rings (SSSR count). The molecular formula is C15H16O4. The molecule has 0 heterocycles. The quantitative estimate of drug-likeness (QED) is 0.816. The first-order valence-electron chi connectivity index (χ1n) is 6.34. The number of carboxylic acids is 2. The molecule has 0 aromatic heterocycles. The Morgan fingerprint density at radius 2 is 1.63 bits per heavy atom. The first kappa shape index (κ1) is 13.3. The monoisotopic (exact) mass is 260 g/mol. The number of carboxylic acid groups (broad SMARTS) is 2. The van der Waals surface area contributed by atoms with E-state index < -0.39 is 17.9 Å². The number of rotatable bonds is 4. The van der Waals surface area contributed by atoms with Gasteiger partial charge in [0.05, 0.1) is 0 Å². The lowest BCUT2D eigenvalue weighted by Gasteiger charge is -2.14. The highest BCUT2D eigenvalue weighted by Gasteiger charge is 2.27. The average Bonchev–Trinajstić information content (AvgIpc) is 2.40. The largest absolute Gasteiger partial charge is 0.480 e. The summed E-state index contributed by atoms with van der Waals surface area (Å²) in [6.07, 6.45) is 6.68. The van der Waals surface area contributed by atoms with Crippen LogP contribution in [0.15, 0.2) is 30.3 Å². The van der Waals surface area contributed by atoms with Crippen LogP contribution in [0.1, 0.15) is 42.7 Å². The van der Waals surface area contributed by atoms with E-state index >= 15 is 0 Å². The zero-order valence-electron chi connectivity index (χ0n) is 10.5. The van der Waals surface area contributed by atoms with Crippen LogP contribution in [0.2, 0.25) is 0 Å². The molecular weight excluding hydrogens is 244 g/mol. The summed E-state index contributed by atoms with van der Waals surface area (Å²) in [4.78, 5) is 21.9. The molecule has 0 unspecified atom stereocenters. The van der Waals surface area contributed by atoms with Crippen molar-refractivity contribution in [3.8, 4) is 0 Å². The number of hydrogen-bond acceptors (Lipinski definition) is 2. The summed E-state index contributed by atoms with van der Waals surface area (Å²) in [5.41, 5.74) is 2.62. The summed E-state index contributed by atoms with van der Waals surface area (Å²) >= 11 is 0. The van der Waals surface area contributed by atoms with Crippen LogP contribution < -0.4 is 0 Å². The second-order valence-electron chi connectivity index (χ2n) is 4.71. The summed E-state index contributed by atoms with van der Waals surface area (Å²) in [6, 6.07) is 6.81. The normalized spacial score (nSPS) is 15.1. The van der Waals surface area contributed by atoms with E-state index in [2.05, 4.69) is 6.08 Å². The zero-order valence-corrected chi connectivity index (χ0v) is 10.5. The van der Waals surface area contributed by atoms with E-state index in [0.717, 1.165) is 18.4 Å². The summed E-state index contributed by atoms with van der Waals surface area (Å²) in [6.45, 7) is 0. The maximum atomic E-state index is 10.9. The van der Waals surface area contributed by atoms with Crippen molar-refractivity contribution in [2.75, 3.05) is 0 Å². The van der Waals surface area contributed by atoms with Gasteiger partial charge >= 0.3 is 11.9 Å². The fourth-order valence-electron chi connectivity index (χ4n) is 2.38. The molecule has 0 bridgehead atoms. The topological polar surface area (TPSA) is 74.6 Å². The summed E-state index contributed by atoms with van der Waals surface area (Å²) in [5, 5.41) is 17.8. The lowest BCUT2D eigenvalue weighted by molar-refractivity contribution is -0.150. The maximum absolute atomic E-state index is 10.9. The van der Waals surface area contributed by atoms with Crippen molar-refractivity contribution in [2.24, 2.45) is 0 Å². The maximum Gasteiger partial charge on any atom is 0.322 e. The molecule has 19 heavy (non-hydrogen) atoms. The zero-order chi connectivity index (χ0) is 13.8. The van der Waals surface area contributed by atoms with Gasteiger partial charge in [0.1, 0.15) is 0 Å². The van der Waals surface area contributed by atoms with E-state index in [1.54, 1.807) is 12.1 Å². The van der Waals surface area contributed by atoms with Gasteiger partial charge in [-0.25, -0.2) is 0 Å². The molecule has 0 saturated heterocycles. The molecule has 0 aliphatic heterocycles. The van der Waals surface area contributed by atoms with Gasteiger partial charge in [0, 0.05) is 0 Å². The Hall–Kier alpha value is -2.10. The molecule has 0 saturated carbocycles. The van der Waals surface area contributed by atoms with Gasteiger partial charge in [-0.05, 0) is 42.4 Å². The van der Waals surface area contributed by atoms with Crippen molar-refractivity contribution in [1.29, 1.82) is 0 Å². The van der Waals surface area contributed by atoms with Crippen molar-refractivity contribution >= 4 is 17.5 Å². The highest BCUT2D eigenvalue weighted by Crippen LogP contribution is 2.28. The molecule has 0 amide bonds. The first-order valence-corrected chi connectivity index (χ1v) is 6.34. The molecule has 2 N–H and O–H groups in total. The summed E-state index contributed by atoms with van der Waals surface area (Å²) in [5.74, 6) is -4.16. The Morgan fingerprint density at radius 1 is 1.00 bits per heavy atom. The van der Waals surface area contributed by atoms with Crippen LogP contribution in [0, 0.1) is 0 Å². The average molecular weight is 260 g/mol. The molecule has 1 aromatic rings. The minimum atomic E-state index is -1.49. The minimum absolute atomic E-state index is 0.306. The van der Waals surface area contributed by atoms with Crippen molar-refractivity contribution in [2.45, 2.75) is 31.6 Å². The highest BCUT2D eigenvalue weighted by atomic mass is 16.4. The third-order valence-electron chi connectivity index (χ3n) is 3.40. The van der Waals surface area contributed by atoms with Gasteiger partial charge in [0.2, 0.25) is 0 Å². The van der Waals surface area contributed by atoms with E-state index in [1.807, 2.05) is 12.1 Å². The van der Waals surface area contributed by atoms with Gasteiger partial charge in [-0.1, -0.05) is 30.3 Å². The Bertz CT molecular complexity index is 499. The Balaban J connectivity index is 2.24. The predicted octanol–water partition coefficient (Wildman–Crippen LogP) is 2.90. The minimum Gasteiger partial charge on any atom is -0.480 e. The van der Waals surface area contributed by atoms with Gasteiger partial charge in [0.15, 0.2) is 5.92 Å². The Labute approximate surface area is 111 Å². The molecule has 0 atom stereocenters. The summed E-state index contributed by atoms with van der Waals surface area (Å²) < 4.78 is 0. The van der Waals surface area contributed by atoms with Crippen molar-refractivity contribution in [1.82, 2.24) is 0 Å². The van der Waals surface area contributed by atoms with Crippen LogP contribution in [-0.4, -0.2) is 22.2 Å². The fraction of sp³-hybridized carbons (Fsp3) is 0.333. The number of allylic oxidation sites excluding steroid dienone is 2. The lowest BCUT2D eigenvalue weighted by Crippen LogP contribution is -2.20. The molecule has 0 spiro atoms. The lowest BCUT2D eigenvalue weighted by atomic mass is 9.91. The van der Waals surface area contributed by atoms with Crippen molar-refractivity contribution < 1.29 is 19.8 Å². The predicted molar refractivity (Wildman–Crippen MR) is 70.9 cm³/mol. The number of hydrogen-bond donors (Lipinski definition) is 2. The molecule has 1 aromatic carbocycles. The standard InChI is InChI=1S/C15H16O4/c16-14(17)13(15(18)19)12-8-6-11(7-9-12)10-4-2-1-3-5-10/h4,6-9,13H,1-3,5H2,(H,16,17)(H,18,19).